The summed E-state index contributed by atoms with van der Waals surface area (Å²) >= 11 is 0. The highest BCUT2D eigenvalue weighted by atomic mass is 16.5. The molecule has 0 saturated heterocycles. The molecule has 2 aromatic rings. The van der Waals surface area contributed by atoms with E-state index in [0.29, 0.717) is 31.4 Å². The molecule has 0 unspecified atom stereocenters. The van der Waals surface area contributed by atoms with E-state index in [4.69, 9.17) is 9.15 Å². The fourth-order valence-electron chi connectivity index (χ4n) is 2.37. The van der Waals surface area contributed by atoms with Crippen LogP contribution in [0.5, 0.6) is 5.75 Å². The number of benzene rings is 1. The van der Waals surface area contributed by atoms with E-state index in [-0.39, 0.29) is 11.9 Å². The van der Waals surface area contributed by atoms with E-state index in [1.54, 1.807) is 7.11 Å². The Labute approximate surface area is 142 Å². The minimum atomic E-state index is -0.142. The van der Waals surface area contributed by atoms with Crippen LogP contribution in [0.15, 0.2) is 28.7 Å². The van der Waals surface area contributed by atoms with Crippen molar-refractivity contribution in [3.05, 3.63) is 30.2 Å². The molecule has 7 heteroatoms. The van der Waals surface area contributed by atoms with E-state index in [0.717, 1.165) is 11.3 Å². The summed E-state index contributed by atoms with van der Waals surface area (Å²) in [5, 5.41) is 11.0. The average Bonchev–Trinajstić information content (AvgIpc) is 3.09. The third-order valence-corrected chi connectivity index (χ3v) is 3.81. The van der Waals surface area contributed by atoms with Crippen LogP contribution in [0, 0.1) is 0 Å². The van der Waals surface area contributed by atoms with Crippen molar-refractivity contribution in [2.75, 3.05) is 26.7 Å². The molecule has 0 bridgehead atoms. The van der Waals surface area contributed by atoms with Crippen molar-refractivity contribution in [2.45, 2.75) is 26.8 Å². The Morgan fingerprint density at radius 2 is 2.00 bits per heavy atom. The number of nitrogens with one attached hydrogen (secondary N) is 1. The van der Waals surface area contributed by atoms with Crippen LogP contribution in [0.4, 0.5) is 0 Å². The smallest absolute Gasteiger partial charge is 0.247 e. The topological polar surface area (TPSA) is 80.5 Å². The lowest BCUT2D eigenvalue weighted by atomic mass is 10.2. The molecular weight excluding hydrogens is 308 g/mol. The second kappa shape index (κ2) is 8.44. The summed E-state index contributed by atoms with van der Waals surface area (Å²) in [6, 6.07) is 7.28. The van der Waals surface area contributed by atoms with Gasteiger partial charge >= 0.3 is 0 Å². The number of amides is 1. The SMILES string of the molecule is CCNC(=O)CN(CC)[C@H](C)c1nnc(-c2ccc(OC)cc2)o1. The molecule has 2 rings (SSSR count). The first-order chi connectivity index (χ1) is 11.6. The number of nitrogens with zero attached hydrogens (tertiary/aromatic N) is 3. The number of aromatic nitrogens is 2. The van der Waals surface area contributed by atoms with Gasteiger partial charge in [-0.15, -0.1) is 10.2 Å². The zero-order valence-electron chi connectivity index (χ0n) is 14.6. The molecule has 1 N–H and O–H groups in total. The van der Waals surface area contributed by atoms with Crippen molar-refractivity contribution in [2.24, 2.45) is 0 Å². The summed E-state index contributed by atoms with van der Waals surface area (Å²) < 4.78 is 10.9. The highest BCUT2D eigenvalue weighted by Gasteiger charge is 2.22. The first-order valence-corrected chi connectivity index (χ1v) is 8.07. The van der Waals surface area contributed by atoms with E-state index in [2.05, 4.69) is 15.5 Å². The summed E-state index contributed by atoms with van der Waals surface area (Å²) in [5.74, 6) is 1.70. The van der Waals surface area contributed by atoms with E-state index in [1.807, 2.05) is 49.9 Å². The molecule has 0 fully saturated rings. The number of methoxy groups -OCH3 is 1. The van der Waals surface area contributed by atoms with Crippen molar-refractivity contribution < 1.29 is 13.9 Å². The van der Waals surface area contributed by atoms with E-state index < -0.39 is 0 Å². The van der Waals surface area contributed by atoms with Crippen LogP contribution in [0.3, 0.4) is 0 Å². The quantitative estimate of drug-likeness (QED) is 0.799. The average molecular weight is 332 g/mol. The van der Waals surface area contributed by atoms with Gasteiger partial charge in [-0.2, -0.15) is 0 Å². The lowest BCUT2D eigenvalue weighted by Gasteiger charge is -2.24. The summed E-state index contributed by atoms with van der Waals surface area (Å²) in [7, 11) is 1.62. The maximum Gasteiger partial charge on any atom is 0.247 e. The Morgan fingerprint density at radius 1 is 1.29 bits per heavy atom. The minimum Gasteiger partial charge on any atom is -0.497 e. The highest BCUT2D eigenvalue weighted by Crippen LogP contribution is 2.25. The highest BCUT2D eigenvalue weighted by molar-refractivity contribution is 5.77. The van der Waals surface area contributed by atoms with Crippen LogP contribution < -0.4 is 10.1 Å². The van der Waals surface area contributed by atoms with Gasteiger partial charge in [0.2, 0.25) is 17.7 Å². The lowest BCUT2D eigenvalue weighted by Crippen LogP contribution is -2.38. The minimum absolute atomic E-state index is 0.0129. The molecule has 1 amide bonds. The van der Waals surface area contributed by atoms with Gasteiger partial charge in [-0.3, -0.25) is 9.69 Å². The predicted molar refractivity (Wildman–Crippen MR) is 90.6 cm³/mol. The zero-order valence-corrected chi connectivity index (χ0v) is 14.6. The van der Waals surface area contributed by atoms with Gasteiger partial charge in [-0.05, 0) is 44.7 Å². The molecular formula is C17H24N4O3. The second-order valence-electron chi connectivity index (χ2n) is 5.37. The van der Waals surface area contributed by atoms with Crippen molar-refractivity contribution in [3.63, 3.8) is 0 Å². The number of carbonyl (C=O) groups excluding carboxylic acids is 1. The second-order valence-corrected chi connectivity index (χ2v) is 5.37. The molecule has 0 saturated carbocycles. The normalized spacial score (nSPS) is 12.2. The maximum absolute atomic E-state index is 11.8. The number of hydrogen-bond donors (Lipinski definition) is 1. The Morgan fingerprint density at radius 3 is 2.58 bits per heavy atom. The Bertz CT molecular complexity index is 654. The summed E-state index contributed by atoms with van der Waals surface area (Å²) in [6.45, 7) is 7.47. The zero-order chi connectivity index (χ0) is 17.5. The first kappa shape index (κ1) is 17.9. The van der Waals surface area contributed by atoms with Crippen molar-refractivity contribution in [1.82, 2.24) is 20.4 Å². The van der Waals surface area contributed by atoms with Gasteiger partial charge < -0.3 is 14.5 Å². The molecule has 1 aromatic carbocycles. The fraction of sp³-hybridized carbons (Fsp3) is 0.471. The van der Waals surface area contributed by atoms with Crippen LogP contribution >= 0.6 is 0 Å². The number of likely N-dealkylation sites (N-methyl/N-ethyl adjacent to an activating group) is 2. The summed E-state index contributed by atoms with van der Waals surface area (Å²) in [4.78, 5) is 13.8. The van der Waals surface area contributed by atoms with Crippen molar-refractivity contribution in [3.8, 4) is 17.2 Å². The first-order valence-electron chi connectivity index (χ1n) is 8.07. The molecule has 0 aliphatic rings. The van der Waals surface area contributed by atoms with Crippen LogP contribution in [-0.2, 0) is 4.79 Å². The van der Waals surface area contributed by atoms with Gasteiger partial charge in [0.05, 0.1) is 19.7 Å². The third kappa shape index (κ3) is 4.32. The predicted octanol–water partition coefficient (Wildman–Crippen LogP) is 2.26. The van der Waals surface area contributed by atoms with Crippen LogP contribution in [0.25, 0.3) is 11.5 Å². The van der Waals surface area contributed by atoms with E-state index in [9.17, 15) is 4.79 Å². The van der Waals surface area contributed by atoms with Gasteiger partial charge in [0, 0.05) is 12.1 Å². The molecule has 1 aromatic heterocycles. The van der Waals surface area contributed by atoms with Crippen molar-refractivity contribution in [1.29, 1.82) is 0 Å². The molecule has 24 heavy (non-hydrogen) atoms. The maximum atomic E-state index is 11.8. The molecule has 0 spiro atoms. The van der Waals surface area contributed by atoms with Crippen LogP contribution in [0.1, 0.15) is 32.7 Å². The largest absolute Gasteiger partial charge is 0.497 e. The van der Waals surface area contributed by atoms with Gasteiger partial charge in [0.25, 0.3) is 0 Å². The van der Waals surface area contributed by atoms with E-state index >= 15 is 0 Å². The number of hydrogen-bond acceptors (Lipinski definition) is 6. The summed E-state index contributed by atoms with van der Waals surface area (Å²) in [6.07, 6.45) is 0. The Kier molecular flexibility index (Phi) is 6.31. The lowest BCUT2D eigenvalue weighted by molar-refractivity contribution is -0.122. The molecule has 0 aliphatic heterocycles. The third-order valence-electron chi connectivity index (χ3n) is 3.81. The monoisotopic (exact) mass is 332 g/mol. The molecule has 0 aliphatic carbocycles. The van der Waals surface area contributed by atoms with Gasteiger partial charge in [0.1, 0.15) is 5.75 Å². The van der Waals surface area contributed by atoms with Gasteiger partial charge in [-0.25, -0.2) is 0 Å². The number of rotatable bonds is 8. The van der Waals surface area contributed by atoms with Crippen LogP contribution in [0.2, 0.25) is 0 Å². The van der Waals surface area contributed by atoms with Crippen LogP contribution in [-0.4, -0.2) is 47.7 Å². The standard InChI is InChI=1S/C17H24N4O3/c1-5-18-15(22)11-21(6-2)12(3)16-19-20-17(24-16)13-7-9-14(23-4)10-8-13/h7-10,12H,5-6,11H2,1-4H3,(H,18,22)/t12-/m1/s1. The Balaban J connectivity index is 2.10. The van der Waals surface area contributed by atoms with E-state index in [1.165, 1.54) is 0 Å². The Hall–Kier alpha value is -2.41. The fourth-order valence-corrected chi connectivity index (χ4v) is 2.37. The van der Waals surface area contributed by atoms with Gasteiger partial charge in [0.15, 0.2) is 0 Å². The molecule has 130 valence electrons. The molecule has 1 atom stereocenters. The molecule has 0 radical (unpaired) electrons. The molecule has 7 nitrogen and oxygen atoms in total. The molecule has 1 heterocycles. The van der Waals surface area contributed by atoms with Crippen molar-refractivity contribution >= 4 is 5.91 Å². The number of carbonyl (C=O) groups is 1. The summed E-state index contributed by atoms with van der Waals surface area (Å²) in [5.41, 5.74) is 0.827. The van der Waals surface area contributed by atoms with Gasteiger partial charge in [-0.1, -0.05) is 6.92 Å². The number of ether oxygens (including phenoxy) is 1.